The Morgan fingerprint density at radius 3 is 2.48 bits per heavy atom. The van der Waals surface area contributed by atoms with Crippen LogP contribution in [0.2, 0.25) is 5.02 Å². The van der Waals surface area contributed by atoms with E-state index in [2.05, 4.69) is 27.6 Å². The first kappa shape index (κ1) is 34.5. The van der Waals surface area contributed by atoms with Crippen LogP contribution in [0.3, 0.4) is 0 Å². The molecule has 1 unspecified atom stereocenters. The molecule has 0 aliphatic carbocycles. The maximum absolute atomic E-state index is 14.5. The van der Waals surface area contributed by atoms with Gasteiger partial charge in [0, 0.05) is 36.3 Å². The Morgan fingerprint density at radius 1 is 1.10 bits per heavy atom. The number of hydrogen-bond donors (Lipinski definition) is 4. The first-order valence-corrected chi connectivity index (χ1v) is 16.3. The molecular weight excluding hydrogens is 662 g/mol. The minimum atomic E-state index is -1.32. The van der Waals surface area contributed by atoms with E-state index in [4.69, 9.17) is 22.3 Å². The Labute approximate surface area is 292 Å². The molecule has 3 aromatic carbocycles. The second kappa shape index (κ2) is 13.2. The first-order valence-electron chi connectivity index (χ1n) is 15.9. The first-order chi connectivity index (χ1) is 23.6. The molecule has 0 radical (unpaired) electrons. The number of carbonyl (C=O) groups is 2. The van der Waals surface area contributed by atoms with Crippen LogP contribution in [-0.2, 0) is 23.1 Å². The summed E-state index contributed by atoms with van der Waals surface area (Å²) in [6, 6.07) is 12.9. The van der Waals surface area contributed by atoms with E-state index in [-0.39, 0.29) is 35.8 Å². The molecule has 0 saturated heterocycles. The molecule has 50 heavy (non-hydrogen) atoms. The van der Waals surface area contributed by atoms with E-state index in [1.807, 2.05) is 26.0 Å². The quantitative estimate of drug-likeness (QED) is 0.145. The highest BCUT2D eigenvalue weighted by atomic mass is 35.5. The third-order valence-electron chi connectivity index (χ3n) is 8.68. The normalized spacial score (nSPS) is 14.6. The van der Waals surface area contributed by atoms with Gasteiger partial charge in [0.2, 0.25) is 11.8 Å². The molecule has 5 N–H and O–H groups in total. The maximum Gasteiger partial charge on any atom is 0.232 e. The summed E-state index contributed by atoms with van der Waals surface area (Å²) >= 11 is 6.55. The van der Waals surface area contributed by atoms with E-state index in [1.165, 1.54) is 26.0 Å². The molecule has 1 aliphatic rings. The monoisotopic (exact) mass is 696 g/mol. The molecule has 9 nitrogen and oxygen atoms in total. The van der Waals surface area contributed by atoms with Crippen molar-refractivity contribution in [3.8, 4) is 23.0 Å². The lowest BCUT2D eigenvalue weighted by molar-refractivity contribution is -0.125. The summed E-state index contributed by atoms with van der Waals surface area (Å²) in [6.45, 7) is 6.85. The average Bonchev–Trinajstić information content (AvgIpc) is 3.53. The zero-order valence-corrected chi connectivity index (χ0v) is 28.8. The topological polar surface area (TPSA) is 135 Å². The van der Waals surface area contributed by atoms with Gasteiger partial charge in [0.25, 0.3) is 0 Å². The van der Waals surface area contributed by atoms with Gasteiger partial charge in [-0.2, -0.15) is 5.10 Å². The van der Waals surface area contributed by atoms with Crippen molar-refractivity contribution in [2.75, 3.05) is 11.1 Å². The molecular formula is C38H35ClF2N6O3. The van der Waals surface area contributed by atoms with Crippen molar-refractivity contribution >= 4 is 45.8 Å². The van der Waals surface area contributed by atoms with Crippen LogP contribution < -0.4 is 16.4 Å². The fraction of sp³-hybridized carbons (Fsp3) is 0.263. The second-order valence-electron chi connectivity index (χ2n) is 13.1. The number of rotatable bonds is 7. The van der Waals surface area contributed by atoms with Crippen LogP contribution in [0.25, 0.3) is 22.0 Å². The van der Waals surface area contributed by atoms with E-state index in [0.29, 0.717) is 38.4 Å². The number of nitrogens with two attached hydrogens (primary N) is 1. The molecule has 0 saturated carbocycles. The van der Waals surface area contributed by atoms with Gasteiger partial charge in [0.05, 0.1) is 33.6 Å². The largest absolute Gasteiger partial charge is 0.382 e. The predicted octanol–water partition coefficient (Wildman–Crippen LogP) is 6.41. The Kier molecular flexibility index (Phi) is 9.12. The van der Waals surface area contributed by atoms with Gasteiger partial charge in [-0.1, -0.05) is 35.7 Å². The van der Waals surface area contributed by atoms with Crippen LogP contribution in [0, 0.1) is 37.3 Å². The number of aliphatic hydroxyl groups is 1. The van der Waals surface area contributed by atoms with Crippen LogP contribution in [-0.4, -0.2) is 37.3 Å². The highest BCUT2D eigenvalue weighted by molar-refractivity contribution is 6.37. The lowest BCUT2D eigenvalue weighted by atomic mass is 9.90. The van der Waals surface area contributed by atoms with E-state index in [9.17, 15) is 23.5 Å². The molecule has 256 valence electrons. The number of anilines is 2. The van der Waals surface area contributed by atoms with Crippen LogP contribution in [0.15, 0.2) is 54.6 Å². The standard InChI is InChI=1S/C38H35ClF2N6O3/c1-19-6-7-20(2)33-31(19)27(37(49)45-33)18-30(48)44-29(16-21-14-22(40)17-23(41)15-21)34-25(9-8-24(43-34)12-13-38(3,4)50)26-10-11-28(39)32-35(26)47(5)46-36(32)42/h6-11,14-15,17,27,29,50H,16,18H2,1-5H3,(H2,42,46)(H,44,48)(H,45,49)/t27?,29-/m0/s1. The average molecular weight is 697 g/mol. The van der Waals surface area contributed by atoms with Gasteiger partial charge in [-0.25, -0.2) is 13.8 Å². The van der Waals surface area contributed by atoms with Gasteiger partial charge in [-0.3, -0.25) is 14.3 Å². The summed E-state index contributed by atoms with van der Waals surface area (Å²) in [6.07, 6.45) is -0.257. The number of amides is 2. The number of hydrogen-bond acceptors (Lipinski definition) is 6. The van der Waals surface area contributed by atoms with E-state index >= 15 is 0 Å². The maximum atomic E-state index is 14.5. The van der Waals surface area contributed by atoms with E-state index in [0.717, 1.165) is 22.8 Å². The van der Waals surface area contributed by atoms with Gasteiger partial charge in [-0.15, -0.1) is 0 Å². The SMILES string of the molecule is Cc1ccc(C)c2c1NC(=O)C2CC(=O)N[C@@H](Cc1cc(F)cc(F)c1)c1nc(C#CC(C)(C)O)ccc1-c1ccc(Cl)c2c(N)nn(C)c12. The van der Waals surface area contributed by atoms with Gasteiger partial charge in [-0.05, 0) is 92.6 Å². The molecule has 3 heterocycles. The third kappa shape index (κ3) is 6.90. The van der Waals surface area contributed by atoms with Gasteiger partial charge >= 0.3 is 0 Å². The molecule has 0 bridgehead atoms. The second-order valence-corrected chi connectivity index (χ2v) is 13.5. The number of pyridine rings is 1. The van der Waals surface area contributed by atoms with Crippen LogP contribution in [0.4, 0.5) is 20.3 Å². The van der Waals surface area contributed by atoms with Crippen LogP contribution in [0.5, 0.6) is 0 Å². The van der Waals surface area contributed by atoms with Gasteiger partial charge in [0.15, 0.2) is 5.82 Å². The molecule has 0 spiro atoms. The third-order valence-corrected chi connectivity index (χ3v) is 8.99. The smallest absolute Gasteiger partial charge is 0.232 e. The van der Waals surface area contributed by atoms with Crippen molar-refractivity contribution in [2.24, 2.45) is 7.05 Å². The molecule has 2 amide bonds. The summed E-state index contributed by atoms with van der Waals surface area (Å²) in [5, 5.41) is 21.5. The van der Waals surface area contributed by atoms with Crippen LogP contribution in [0.1, 0.15) is 65.9 Å². The number of nitrogens with one attached hydrogen (secondary N) is 2. The molecule has 12 heteroatoms. The molecule has 2 atom stereocenters. The summed E-state index contributed by atoms with van der Waals surface area (Å²) in [7, 11) is 1.72. The van der Waals surface area contributed by atoms with Crippen LogP contribution >= 0.6 is 11.6 Å². The highest BCUT2D eigenvalue weighted by Crippen LogP contribution is 2.41. The van der Waals surface area contributed by atoms with Crippen molar-refractivity contribution < 1.29 is 23.5 Å². The predicted molar refractivity (Wildman–Crippen MR) is 189 cm³/mol. The molecule has 1 aliphatic heterocycles. The van der Waals surface area contributed by atoms with Crippen molar-refractivity contribution in [3.63, 3.8) is 0 Å². The Balaban J connectivity index is 1.50. The minimum absolute atomic E-state index is 0.0708. The number of fused-ring (bicyclic) bond motifs is 2. The Hall–Kier alpha value is -5.31. The zero-order valence-electron chi connectivity index (χ0n) is 28.1. The van der Waals surface area contributed by atoms with Crippen molar-refractivity contribution in [2.45, 2.75) is 58.1 Å². The molecule has 5 aromatic rings. The number of aryl methyl sites for hydroxylation is 3. The zero-order chi connectivity index (χ0) is 36.1. The summed E-state index contributed by atoms with van der Waals surface area (Å²) in [5.74, 6) is 2.78. The Morgan fingerprint density at radius 2 is 1.78 bits per heavy atom. The number of nitrogen functional groups attached to an aromatic ring is 1. The molecule has 2 aromatic heterocycles. The lowest BCUT2D eigenvalue weighted by Crippen LogP contribution is -2.33. The summed E-state index contributed by atoms with van der Waals surface area (Å²) < 4.78 is 30.6. The highest BCUT2D eigenvalue weighted by Gasteiger charge is 2.35. The Bertz CT molecular complexity index is 2250. The number of carbonyl (C=O) groups excluding carboxylic acids is 2. The van der Waals surface area contributed by atoms with E-state index in [1.54, 1.807) is 36.0 Å². The van der Waals surface area contributed by atoms with Crippen molar-refractivity contribution in [1.82, 2.24) is 20.1 Å². The van der Waals surface area contributed by atoms with Crippen molar-refractivity contribution in [3.05, 3.63) is 105 Å². The number of nitrogens with zero attached hydrogens (tertiary/aromatic N) is 3. The van der Waals surface area contributed by atoms with Gasteiger partial charge in [0.1, 0.15) is 22.9 Å². The number of benzene rings is 3. The minimum Gasteiger partial charge on any atom is -0.382 e. The molecule has 0 fully saturated rings. The molecule has 6 rings (SSSR count). The summed E-state index contributed by atoms with van der Waals surface area (Å²) in [4.78, 5) is 32.0. The van der Waals surface area contributed by atoms with Crippen molar-refractivity contribution in [1.29, 1.82) is 0 Å². The lowest BCUT2D eigenvalue weighted by Gasteiger charge is -2.23. The number of aromatic nitrogens is 3. The fourth-order valence-electron chi connectivity index (χ4n) is 6.48. The summed E-state index contributed by atoms with van der Waals surface area (Å²) in [5.41, 5.74) is 10.7. The number of halogens is 3. The van der Waals surface area contributed by atoms with Gasteiger partial charge < -0.3 is 21.5 Å². The van der Waals surface area contributed by atoms with E-state index < -0.39 is 35.1 Å². The fourth-order valence-corrected chi connectivity index (χ4v) is 6.73.